The molecular weight excluding hydrogens is 214 g/mol. The Balaban J connectivity index is 1.79. The van der Waals surface area contributed by atoms with Gasteiger partial charge in [-0.1, -0.05) is 6.07 Å². The molecule has 1 aliphatic rings. The van der Waals surface area contributed by atoms with Crippen LogP contribution in [0.2, 0.25) is 0 Å². The molecule has 1 aliphatic heterocycles. The van der Waals surface area contributed by atoms with Gasteiger partial charge in [0.15, 0.2) is 0 Å². The summed E-state index contributed by atoms with van der Waals surface area (Å²) >= 11 is 0. The van der Waals surface area contributed by atoms with Gasteiger partial charge < -0.3 is 10.6 Å². The topological polar surface area (TPSA) is 54.0 Å². The van der Waals surface area contributed by atoms with Crippen molar-refractivity contribution < 1.29 is 4.79 Å². The number of carbonyl (C=O) groups is 1. The third-order valence-corrected chi connectivity index (χ3v) is 3.17. The summed E-state index contributed by atoms with van der Waals surface area (Å²) in [5, 5.41) is 6.34. The molecule has 0 spiro atoms. The van der Waals surface area contributed by atoms with E-state index in [-0.39, 0.29) is 5.91 Å². The summed E-state index contributed by atoms with van der Waals surface area (Å²) in [6.45, 7) is 3.73. The van der Waals surface area contributed by atoms with Crippen molar-refractivity contribution in [2.45, 2.75) is 32.2 Å². The van der Waals surface area contributed by atoms with Crippen LogP contribution in [0.3, 0.4) is 0 Å². The van der Waals surface area contributed by atoms with Crippen molar-refractivity contribution in [2.75, 3.05) is 13.1 Å². The first-order chi connectivity index (χ1) is 8.27. The highest BCUT2D eigenvalue weighted by atomic mass is 16.1. The second-order valence-electron chi connectivity index (χ2n) is 4.51. The maximum Gasteiger partial charge on any atom is 0.270 e. The molecule has 2 N–H and O–H groups in total. The van der Waals surface area contributed by atoms with Gasteiger partial charge in [0.1, 0.15) is 5.69 Å². The molecule has 0 bridgehead atoms. The van der Waals surface area contributed by atoms with Crippen molar-refractivity contribution in [3.8, 4) is 0 Å². The predicted octanol–water partition coefficient (Wildman–Crippen LogP) is 1.26. The van der Waals surface area contributed by atoms with Crippen molar-refractivity contribution >= 4 is 5.91 Å². The molecule has 2 heterocycles. The molecule has 17 heavy (non-hydrogen) atoms. The summed E-state index contributed by atoms with van der Waals surface area (Å²) in [6.07, 6.45) is 5.12. The number of rotatable bonds is 4. The lowest BCUT2D eigenvalue weighted by Gasteiger charge is -2.11. The Morgan fingerprint density at radius 1 is 1.65 bits per heavy atom. The quantitative estimate of drug-likeness (QED) is 0.823. The van der Waals surface area contributed by atoms with Crippen molar-refractivity contribution in [1.82, 2.24) is 15.6 Å². The van der Waals surface area contributed by atoms with Crippen LogP contribution < -0.4 is 10.6 Å². The van der Waals surface area contributed by atoms with Crippen LogP contribution in [-0.4, -0.2) is 30.0 Å². The van der Waals surface area contributed by atoms with Crippen molar-refractivity contribution in [1.29, 1.82) is 0 Å². The zero-order chi connectivity index (χ0) is 12.1. The molecule has 1 fully saturated rings. The number of hydrogen-bond donors (Lipinski definition) is 2. The van der Waals surface area contributed by atoms with Gasteiger partial charge in [0, 0.05) is 18.8 Å². The van der Waals surface area contributed by atoms with E-state index in [1.165, 1.54) is 12.8 Å². The van der Waals surface area contributed by atoms with Crippen LogP contribution in [0.4, 0.5) is 0 Å². The van der Waals surface area contributed by atoms with E-state index in [0.717, 1.165) is 18.5 Å². The summed E-state index contributed by atoms with van der Waals surface area (Å²) in [6, 6.07) is 4.31. The number of pyridine rings is 1. The van der Waals surface area contributed by atoms with Gasteiger partial charge in [-0.2, -0.15) is 0 Å². The van der Waals surface area contributed by atoms with Crippen LogP contribution in [0.15, 0.2) is 18.3 Å². The van der Waals surface area contributed by atoms with Gasteiger partial charge in [0.25, 0.3) is 5.91 Å². The first-order valence-corrected chi connectivity index (χ1v) is 6.20. The molecule has 1 amide bonds. The van der Waals surface area contributed by atoms with Gasteiger partial charge in [-0.25, -0.2) is 0 Å². The highest BCUT2D eigenvalue weighted by molar-refractivity contribution is 5.93. The standard InChI is InChI=1S/C13H19N3O/c1-10-4-2-8-15-12(10)13(17)16-9-6-11-5-3-7-14-11/h2,4,8,11,14H,3,5-7,9H2,1H3,(H,16,17). The van der Waals surface area contributed by atoms with E-state index in [2.05, 4.69) is 15.6 Å². The van der Waals surface area contributed by atoms with Gasteiger partial charge in [-0.15, -0.1) is 0 Å². The van der Waals surface area contributed by atoms with Crippen molar-refractivity contribution in [2.24, 2.45) is 0 Å². The second-order valence-corrected chi connectivity index (χ2v) is 4.51. The number of carbonyl (C=O) groups excluding carboxylic acids is 1. The van der Waals surface area contributed by atoms with Crippen molar-refractivity contribution in [3.05, 3.63) is 29.6 Å². The Hall–Kier alpha value is -1.42. The van der Waals surface area contributed by atoms with E-state index in [0.29, 0.717) is 18.3 Å². The third kappa shape index (κ3) is 3.27. The first kappa shape index (κ1) is 12.0. The minimum absolute atomic E-state index is 0.0684. The lowest BCUT2D eigenvalue weighted by atomic mass is 10.1. The Bertz CT molecular complexity index is 386. The summed E-state index contributed by atoms with van der Waals surface area (Å²) in [5.41, 5.74) is 1.45. The largest absolute Gasteiger partial charge is 0.351 e. The highest BCUT2D eigenvalue weighted by Crippen LogP contribution is 2.08. The molecule has 0 radical (unpaired) electrons. The Labute approximate surface area is 102 Å². The van der Waals surface area contributed by atoms with Crippen LogP contribution in [0.1, 0.15) is 35.3 Å². The second kappa shape index (κ2) is 5.77. The molecule has 4 nitrogen and oxygen atoms in total. The van der Waals surface area contributed by atoms with Crippen LogP contribution in [0, 0.1) is 6.92 Å². The number of nitrogens with zero attached hydrogens (tertiary/aromatic N) is 1. The summed E-state index contributed by atoms with van der Waals surface area (Å²) in [4.78, 5) is 15.9. The summed E-state index contributed by atoms with van der Waals surface area (Å²) in [5.74, 6) is -0.0684. The molecule has 1 aromatic heterocycles. The van der Waals surface area contributed by atoms with E-state index < -0.39 is 0 Å². The Morgan fingerprint density at radius 3 is 3.24 bits per heavy atom. The molecule has 1 unspecified atom stereocenters. The van der Waals surface area contributed by atoms with Gasteiger partial charge in [0.05, 0.1) is 0 Å². The normalized spacial score (nSPS) is 19.2. The zero-order valence-electron chi connectivity index (χ0n) is 10.2. The Kier molecular flexibility index (Phi) is 4.09. The molecule has 0 aromatic carbocycles. The predicted molar refractivity (Wildman–Crippen MR) is 66.9 cm³/mol. The van der Waals surface area contributed by atoms with E-state index in [1.807, 2.05) is 19.1 Å². The molecule has 0 aliphatic carbocycles. The average molecular weight is 233 g/mol. The number of aryl methyl sites for hydroxylation is 1. The van der Waals surface area contributed by atoms with Crippen LogP contribution in [0.5, 0.6) is 0 Å². The van der Waals surface area contributed by atoms with E-state index in [4.69, 9.17) is 0 Å². The molecular formula is C13H19N3O. The molecule has 92 valence electrons. The van der Waals surface area contributed by atoms with Crippen LogP contribution in [0.25, 0.3) is 0 Å². The van der Waals surface area contributed by atoms with E-state index >= 15 is 0 Å². The third-order valence-electron chi connectivity index (χ3n) is 3.17. The average Bonchev–Trinajstić information content (AvgIpc) is 2.82. The molecule has 1 atom stereocenters. The fraction of sp³-hybridized carbons (Fsp3) is 0.538. The molecule has 1 saturated heterocycles. The molecule has 0 saturated carbocycles. The lowest BCUT2D eigenvalue weighted by molar-refractivity contribution is 0.0946. The summed E-state index contributed by atoms with van der Waals surface area (Å²) < 4.78 is 0. The Morgan fingerprint density at radius 2 is 2.53 bits per heavy atom. The summed E-state index contributed by atoms with van der Waals surface area (Å²) in [7, 11) is 0. The number of nitrogens with one attached hydrogen (secondary N) is 2. The molecule has 1 aromatic rings. The minimum Gasteiger partial charge on any atom is -0.351 e. The molecule has 2 rings (SSSR count). The van der Waals surface area contributed by atoms with E-state index in [1.54, 1.807) is 6.20 Å². The smallest absolute Gasteiger partial charge is 0.270 e. The lowest BCUT2D eigenvalue weighted by Crippen LogP contribution is -2.31. The zero-order valence-corrected chi connectivity index (χ0v) is 10.2. The van der Waals surface area contributed by atoms with E-state index in [9.17, 15) is 4.79 Å². The van der Waals surface area contributed by atoms with Gasteiger partial charge in [0.2, 0.25) is 0 Å². The highest BCUT2D eigenvalue weighted by Gasteiger charge is 2.14. The SMILES string of the molecule is Cc1cccnc1C(=O)NCCC1CCCN1. The number of aromatic nitrogens is 1. The monoisotopic (exact) mass is 233 g/mol. The number of hydrogen-bond acceptors (Lipinski definition) is 3. The minimum atomic E-state index is -0.0684. The maximum atomic E-state index is 11.8. The molecule has 4 heteroatoms. The maximum absolute atomic E-state index is 11.8. The van der Waals surface area contributed by atoms with Gasteiger partial charge >= 0.3 is 0 Å². The number of amides is 1. The fourth-order valence-electron chi connectivity index (χ4n) is 2.17. The van der Waals surface area contributed by atoms with Gasteiger partial charge in [-0.05, 0) is 44.4 Å². The van der Waals surface area contributed by atoms with Crippen LogP contribution in [-0.2, 0) is 0 Å². The van der Waals surface area contributed by atoms with Crippen molar-refractivity contribution in [3.63, 3.8) is 0 Å². The van der Waals surface area contributed by atoms with Crippen LogP contribution >= 0.6 is 0 Å². The fourth-order valence-corrected chi connectivity index (χ4v) is 2.17. The van der Waals surface area contributed by atoms with Gasteiger partial charge in [-0.3, -0.25) is 9.78 Å². The first-order valence-electron chi connectivity index (χ1n) is 6.20.